The normalized spacial score (nSPS) is 35.6. The third-order valence-corrected chi connectivity index (χ3v) is 3.92. The summed E-state index contributed by atoms with van der Waals surface area (Å²) in [5.41, 5.74) is -0.379. The summed E-state index contributed by atoms with van der Waals surface area (Å²) in [5, 5.41) is 13.6. The quantitative estimate of drug-likeness (QED) is 0.722. The second-order valence-corrected chi connectivity index (χ2v) is 5.39. The summed E-state index contributed by atoms with van der Waals surface area (Å²) in [6, 6.07) is 0. The third-order valence-electron chi connectivity index (χ3n) is 3.92. The van der Waals surface area contributed by atoms with Crippen LogP contribution in [-0.2, 0) is 0 Å². The molecule has 0 aliphatic heterocycles. The summed E-state index contributed by atoms with van der Waals surface area (Å²) < 4.78 is 0. The van der Waals surface area contributed by atoms with E-state index in [0.717, 1.165) is 37.8 Å². The molecule has 2 N–H and O–H groups in total. The van der Waals surface area contributed by atoms with Crippen LogP contribution < -0.4 is 5.32 Å². The van der Waals surface area contributed by atoms with E-state index in [-0.39, 0.29) is 5.60 Å². The van der Waals surface area contributed by atoms with Crippen molar-refractivity contribution >= 4 is 0 Å². The molecule has 2 aliphatic carbocycles. The van der Waals surface area contributed by atoms with Crippen LogP contribution in [0.5, 0.6) is 0 Å². The van der Waals surface area contributed by atoms with Crippen molar-refractivity contribution in [1.29, 1.82) is 0 Å². The number of rotatable bonds is 4. The molecule has 0 aromatic carbocycles. The molecule has 2 nitrogen and oxygen atoms in total. The molecule has 0 aromatic heterocycles. The molecule has 2 saturated carbocycles. The molecule has 0 heterocycles. The number of hydrogen-bond donors (Lipinski definition) is 2. The molecule has 0 radical (unpaired) electrons. The summed E-state index contributed by atoms with van der Waals surface area (Å²) >= 11 is 0. The predicted molar refractivity (Wildman–Crippen MR) is 58.2 cm³/mol. The molecule has 0 amide bonds. The zero-order valence-corrected chi connectivity index (χ0v) is 9.26. The smallest absolute Gasteiger partial charge is 0.0771 e. The van der Waals surface area contributed by atoms with Gasteiger partial charge in [0.05, 0.1) is 5.60 Å². The van der Waals surface area contributed by atoms with Crippen molar-refractivity contribution in [3.63, 3.8) is 0 Å². The van der Waals surface area contributed by atoms with Crippen molar-refractivity contribution in [2.45, 2.75) is 51.0 Å². The van der Waals surface area contributed by atoms with E-state index in [1.165, 1.54) is 25.7 Å². The van der Waals surface area contributed by atoms with E-state index in [1.54, 1.807) is 0 Å². The molecule has 14 heavy (non-hydrogen) atoms. The molecular weight excluding hydrogens is 174 g/mol. The maximum Gasteiger partial charge on any atom is 0.0771 e. The lowest BCUT2D eigenvalue weighted by Crippen LogP contribution is -2.42. The Hall–Kier alpha value is -0.0800. The first-order valence-electron chi connectivity index (χ1n) is 6.13. The predicted octanol–water partition coefficient (Wildman–Crippen LogP) is 1.93. The number of hydrogen-bond acceptors (Lipinski definition) is 2. The number of aliphatic hydroxyl groups is 1. The van der Waals surface area contributed by atoms with Gasteiger partial charge in [-0.2, -0.15) is 0 Å². The molecule has 0 saturated heterocycles. The molecular formula is C12H23NO. The zero-order valence-electron chi connectivity index (χ0n) is 9.26. The van der Waals surface area contributed by atoms with Crippen LogP contribution in [0.3, 0.4) is 0 Å². The lowest BCUT2D eigenvalue weighted by molar-refractivity contribution is 0.00483. The first-order valence-corrected chi connectivity index (χ1v) is 6.13. The van der Waals surface area contributed by atoms with Gasteiger partial charge in [0.15, 0.2) is 0 Å². The highest BCUT2D eigenvalue weighted by Gasteiger charge is 2.33. The maximum atomic E-state index is 10.2. The third kappa shape index (κ3) is 2.71. The van der Waals surface area contributed by atoms with Crippen LogP contribution in [0.15, 0.2) is 0 Å². The topological polar surface area (TPSA) is 32.3 Å². The SMILES string of the molecule is CC1CC1CNCC1(O)CCCCC1. The average Bonchev–Trinajstić information content (AvgIpc) is 2.83. The van der Waals surface area contributed by atoms with Crippen LogP contribution in [0, 0.1) is 11.8 Å². The summed E-state index contributed by atoms with van der Waals surface area (Å²) in [5.74, 6) is 1.81. The Bertz CT molecular complexity index is 187. The summed E-state index contributed by atoms with van der Waals surface area (Å²) in [4.78, 5) is 0. The summed E-state index contributed by atoms with van der Waals surface area (Å²) in [7, 11) is 0. The van der Waals surface area contributed by atoms with E-state index in [2.05, 4.69) is 12.2 Å². The van der Waals surface area contributed by atoms with Gasteiger partial charge in [-0.3, -0.25) is 0 Å². The Kier molecular flexibility index (Phi) is 3.13. The monoisotopic (exact) mass is 197 g/mol. The minimum Gasteiger partial charge on any atom is -0.389 e. The van der Waals surface area contributed by atoms with E-state index in [9.17, 15) is 5.11 Å². The number of nitrogens with one attached hydrogen (secondary N) is 1. The minimum atomic E-state index is -0.379. The van der Waals surface area contributed by atoms with Crippen LogP contribution in [0.2, 0.25) is 0 Å². The highest BCUT2D eigenvalue weighted by Crippen LogP contribution is 2.37. The van der Waals surface area contributed by atoms with Gasteiger partial charge in [0, 0.05) is 6.54 Å². The van der Waals surface area contributed by atoms with Crippen molar-refractivity contribution in [3.8, 4) is 0 Å². The van der Waals surface area contributed by atoms with Gasteiger partial charge in [0.1, 0.15) is 0 Å². The van der Waals surface area contributed by atoms with Crippen LogP contribution in [0.25, 0.3) is 0 Å². The van der Waals surface area contributed by atoms with Crippen molar-refractivity contribution < 1.29 is 5.11 Å². The van der Waals surface area contributed by atoms with Gasteiger partial charge in [-0.15, -0.1) is 0 Å². The van der Waals surface area contributed by atoms with E-state index in [0.29, 0.717) is 0 Å². The second kappa shape index (κ2) is 4.19. The van der Waals surface area contributed by atoms with Gasteiger partial charge in [-0.1, -0.05) is 26.2 Å². The van der Waals surface area contributed by atoms with E-state index >= 15 is 0 Å². The molecule has 0 aromatic rings. The molecule has 0 spiro atoms. The summed E-state index contributed by atoms with van der Waals surface area (Å²) in [6.45, 7) is 4.24. The van der Waals surface area contributed by atoms with Crippen molar-refractivity contribution in [1.82, 2.24) is 5.32 Å². The highest BCUT2D eigenvalue weighted by molar-refractivity contribution is 4.88. The van der Waals surface area contributed by atoms with Crippen molar-refractivity contribution in [2.24, 2.45) is 11.8 Å². The Morgan fingerprint density at radius 1 is 1.29 bits per heavy atom. The van der Waals surface area contributed by atoms with E-state index < -0.39 is 0 Å². The Labute approximate surface area is 87.1 Å². The van der Waals surface area contributed by atoms with Crippen LogP contribution >= 0.6 is 0 Å². The van der Waals surface area contributed by atoms with E-state index in [4.69, 9.17) is 0 Å². The molecule has 2 unspecified atom stereocenters. The Morgan fingerprint density at radius 3 is 2.50 bits per heavy atom. The molecule has 2 rings (SSSR count). The summed E-state index contributed by atoms with van der Waals surface area (Å²) in [6.07, 6.45) is 7.10. The first-order chi connectivity index (χ1) is 6.70. The molecule has 2 aliphatic rings. The maximum absolute atomic E-state index is 10.2. The van der Waals surface area contributed by atoms with Crippen LogP contribution in [-0.4, -0.2) is 23.8 Å². The average molecular weight is 197 g/mol. The van der Waals surface area contributed by atoms with Gasteiger partial charge in [0.25, 0.3) is 0 Å². The fraction of sp³-hybridized carbons (Fsp3) is 1.00. The highest BCUT2D eigenvalue weighted by atomic mass is 16.3. The van der Waals surface area contributed by atoms with Gasteiger partial charge in [-0.25, -0.2) is 0 Å². The van der Waals surface area contributed by atoms with Crippen molar-refractivity contribution in [2.75, 3.05) is 13.1 Å². The van der Waals surface area contributed by atoms with Crippen LogP contribution in [0.4, 0.5) is 0 Å². The lowest BCUT2D eigenvalue weighted by Gasteiger charge is -2.32. The van der Waals surface area contributed by atoms with Crippen molar-refractivity contribution in [3.05, 3.63) is 0 Å². The van der Waals surface area contributed by atoms with Gasteiger partial charge >= 0.3 is 0 Å². The van der Waals surface area contributed by atoms with Gasteiger partial charge in [0.2, 0.25) is 0 Å². The van der Waals surface area contributed by atoms with E-state index in [1.807, 2.05) is 0 Å². The largest absolute Gasteiger partial charge is 0.389 e. The molecule has 0 bridgehead atoms. The fourth-order valence-corrected chi connectivity index (χ4v) is 2.56. The lowest BCUT2D eigenvalue weighted by atomic mass is 9.85. The van der Waals surface area contributed by atoms with Crippen LogP contribution in [0.1, 0.15) is 45.4 Å². The second-order valence-electron chi connectivity index (χ2n) is 5.39. The zero-order chi connectivity index (χ0) is 10.0. The Morgan fingerprint density at radius 2 is 1.93 bits per heavy atom. The Balaban J connectivity index is 1.63. The molecule has 2 heteroatoms. The van der Waals surface area contributed by atoms with Gasteiger partial charge < -0.3 is 10.4 Å². The molecule has 82 valence electrons. The minimum absolute atomic E-state index is 0.379. The molecule has 2 atom stereocenters. The van der Waals surface area contributed by atoms with Gasteiger partial charge in [-0.05, 0) is 37.6 Å². The first kappa shape index (κ1) is 10.4. The fourth-order valence-electron chi connectivity index (χ4n) is 2.56. The molecule has 2 fully saturated rings. The standard InChI is InChI=1S/C12H23NO/c1-10-7-11(10)8-13-9-12(14)5-3-2-4-6-12/h10-11,13-14H,2-9H2,1H3.